The third-order valence-corrected chi connectivity index (χ3v) is 4.78. The second kappa shape index (κ2) is 4.94. The molecule has 2 aliphatic rings. The molecule has 1 aromatic heterocycles. The summed E-state index contributed by atoms with van der Waals surface area (Å²) in [6.07, 6.45) is 7.24. The van der Waals surface area contributed by atoms with Crippen LogP contribution in [0.15, 0.2) is 6.20 Å². The standard InChI is InChI=1S/C14H22N4O/c1-9-7-18(17-16-9)8-14(19)15-10(2)13-6-11-3-4-12(13)5-11/h7,10-13H,3-6,8H2,1-2H3,(H,15,19)/t10-,11+,12+,13+/m1/s1. The van der Waals surface area contributed by atoms with E-state index in [-0.39, 0.29) is 18.5 Å². The molecule has 1 amide bonds. The third-order valence-electron chi connectivity index (χ3n) is 4.78. The average Bonchev–Trinajstić information content (AvgIpc) is 3.05. The topological polar surface area (TPSA) is 59.8 Å². The second-order valence-electron chi connectivity index (χ2n) is 6.25. The first-order chi connectivity index (χ1) is 9.11. The number of aromatic nitrogens is 3. The molecule has 0 aliphatic heterocycles. The van der Waals surface area contributed by atoms with E-state index in [0.717, 1.165) is 17.5 Å². The SMILES string of the molecule is Cc1cn(CC(=O)N[C@H](C)[C@@H]2C[C@H]3CC[C@H]2C3)nn1. The zero-order valence-electron chi connectivity index (χ0n) is 11.7. The molecule has 1 N–H and O–H groups in total. The summed E-state index contributed by atoms with van der Waals surface area (Å²) < 4.78 is 1.60. The highest BCUT2D eigenvalue weighted by atomic mass is 16.2. The van der Waals surface area contributed by atoms with Gasteiger partial charge in [-0.2, -0.15) is 0 Å². The van der Waals surface area contributed by atoms with Crippen molar-refractivity contribution in [1.82, 2.24) is 20.3 Å². The molecule has 2 saturated carbocycles. The first-order valence-electron chi connectivity index (χ1n) is 7.28. The van der Waals surface area contributed by atoms with Crippen molar-refractivity contribution < 1.29 is 4.79 Å². The van der Waals surface area contributed by atoms with Gasteiger partial charge in [-0.05, 0) is 50.9 Å². The fourth-order valence-electron chi connectivity index (χ4n) is 3.93. The van der Waals surface area contributed by atoms with Gasteiger partial charge in [-0.25, -0.2) is 4.68 Å². The molecule has 0 radical (unpaired) electrons. The minimum absolute atomic E-state index is 0.0418. The van der Waals surface area contributed by atoms with Gasteiger partial charge in [-0.1, -0.05) is 11.6 Å². The molecule has 0 spiro atoms. The van der Waals surface area contributed by atoms with E-state index in [0.29, 0.717) is 5.92 Å². The predicted octanol–water partition coefficient (Wildman–Crippen LogP) is 1.53. The predicted molar refractivity (Wildman–Crippen MR) is 71.3 cm³/mol. The molecule has 19 heavy (non-hydrogen) atoms. The maximum atomic E-state index is 12.0. The normalized spacial score (nSPS) is 30.5. The Bertz CT molecular complexity index is 470. The molecule has 5 heteroatoms. The Kier molecular flexibility index (Phi) is 3.29. The Morgan fingerprint density at radius 2 is 2.37 bits per heavy atom. The van der Waals surface area contributed by atoms with Crippen molar-refractivity contribution in [3.63, 3.8) is 0 Å². The Labute approximate surface area is 113 Å². The number of amides is 1. The van der Waals surface area contributed by atoms with E-state index >= 15 is 0 Å². The number of hydrogen-bond donors (Lipinski definition) is 1. The van der Waals surface area contributed by atoms with Crippen LogP contribution in [0, 0.1) is 24.7 Å². The number of carbonyl (C=O) groups excluding carboxylic acids is 1. The summed E-state index contributed by atoms with van der Waals surface area (Å²) in [4.78, 5) is 12.0. The summed E-state index contributed by atoms with van der Waals surface area (Å²) in [5, 5.41) is 10.9. The average molecular weight is 262 g/mol. The molecule has 2 aliphatic carbocycles. The van der Waals surface area contributed by atoms with Gasteiger partial charge in [0.2, 0.25) is 5.91 Å². The van der Waals surface area contributed by atoms with Crippen LogP contribution in [0.1, 0.15) is 38.3 Å². The van der Waals surface area contributed by atoms with E-state index in [9.17, 15) is 4.79 Å². The lowest BCUT2D eigenvalue weighted by Crippen LogP contribution is -2.41. The van der Waals surface area contributed by atoms with Crippen LogP contribution in [0.4, 0.5) is 0 Å². The van der Waals surface area contributed by atoms with E-state index in [4.69, 9.17) is 0 Å². The molecule has 0 unspecified atom stereocenters. The van der Waals surface area contributed by atoms with Crippen molar-refractivity contribution in [2.75, 3.05) is 0 Å². The Morgan fingerprint density at radius 3 is 2.95 bits per heavy atom. The van der Waals surface area contributed by atoms with Gasteiger partial charge in [-0.15, -0.1) is 5.10 Å². The molecule has 2 bridgehead atoms. The number of nitrogens with zero attached hydrogens (tertiary/aromatic N) is 3. The van der Waals surface area contributed by atoms with Gasteiger partial charge < -0.3 is 5.32 Å². The molecule has 0 aromatic carbocycles. The molecular formula is C14H22N4O. The van der Waals surface area contributed by atoms with Gasteiger partial charge in [0.15, 0.2) is 0 Å². The van der Waals surface area contributed by atoms with E-state index < -0.39 is 0 Å². The number of hydrogen-bond acceptors (Lipinski definition) is 3. The van der Waals surface area contributed by atoms with Gasteiger partial charge in [0.25, 0.3) is 0 Å². The number of carbonyl (C=O) groups is 1. The Hall–Kier alpha value is -1.39. The summed E-state index contributed by atoms with van der Waals surface area (Å²) in [6, 6.07) is 0.285. The molecule has 2 fully saturated rings. The fraction of sp³-hybridized carbons (Fsp3) is 0.786. The molecule has 5 nitrogen and oxygen atoms in total. The number of fused-ring (bicyclic) bond motifs is 2. The van der Waals surface area contributed by atoms with Crippen molar-refractivity contribution in [1.29, 1.82) is 0 Å². The maximum Gasteiger partial charge on any atom is 0.242 e. The lowest BCUT2D eigenvalue weighted by Gasteiger charge is -2.28. The molecule has 1 aromatic rings. The van der Waals surface area contributed by atoms with Gasteiger partial charge in [0.1, 0.15) is 6.54 Å². The Balaban J connectivity index is 1.52. The Morgan fingerprint density at radius 1 is 1.53 bits per heavy atom. The summed E-state index contributed by atoms with van der Waals surface area (Å²) in [5.41, 5.74) is 0.842. The lowest BCUT2D eigenvalue weighted by molar-refractivity contribution is -0.123. The van der Waals surface area contributed by atoms with Crippen LogP contribution in [0.2, 0.25) is 0 Å². The largest absolute Gasteiger partial charge is 0.352 e. The third kappa shape index (κ3) is 2.65. The van der Waals surface area contributed by atoms with Crippen LogP contribution in [-0.2, 0) is 11.3 Å². The van der Waals surface area contributed by atoms with Crippen molar-refractivity contribution in [2.24, 2.45) is 17.8 Å². The zero-order chi connectivity index (χ0) is 13.4. The lowest BCUT2D eigenvalue weighted by atomic mass is 9.84. The van der Waals surface area contributed by atoms with Gasteiger partial charge in [0, 0.05) is 12.2 Å². The van der Waals surface area contributed by atoms with Crippen molar-refractivity contribution in [3.05, 3.63) is 11.9 Å². The molecule has 1 heterocycles. The van der Waals surface area contributed by atoms with Crippen LogP contribution in [0.25, 0.3) is 0 Å². The highest BCUT2D eigenvalue weighted by molar-refractivity contribution is 5.75. The number of rotatable bonds is 4. The van der Waals surface area contributed by atoms with Crippen LogP contribution < -0.4 is 5.32 Å². The smallest absolute Gasteiger partial charge is 0.242 e. The number of nitrogens with one attached hydrogen (secondary N) is 1. The van der Waals surface area contributed by atoms with Crippen molar-refractivity contribution in [3.8, 4) is 0 Å². The summed E-state index contributed by atoms with van der Waals surface area (Å²) in [7, 11) is 0. The monoisotopic (exact) mass is 262 g/mol. The highest BCUT2D eigenvalue weighted by Crippen LogP contribution is 2.49. The van der Waals surface area contributed by atoms with Crippen LogP contribution in [0.5, 0.6) is 0 Å². The molecular weight excluding hydrogens is 240 g/mol. The first-order valence-corrected chi connectivity index (χ1v) is 7.28. The number of aryl methyl sites for hydroxylation is 1. The fourth-order valence-corrected chi connectivity index (χ4v) is 3.93. The van der Waals surface area contributed by atoms with Crippen LogP contribution in [0.3, 0.4) is 0 Å². The van der Waals surface area contributed by atoms with Crippen LogP contribution >= 0.6 is 0 Å². The molecule has 4 atom stereocenters. The van der Waals surface area contributed by atoms with Gasteiger partial charge in [0.05, 0.1) is 5.69 Å². The molecule has 104 valence electrons. The maximum absolute atomic E-state index is 12.0. The molecule has 0 saturated heterocycles. The summed E-state index contributed by atoms with van der Waals surface area (Å²) in [6.45, 7) is 4.29. The first kappa shape index (κ1) is 12.6. The highest BCUT2D eigenvalue weighted by Gasteiger charge is 2.42. The zero-order valence-corrected chi connectivity index (χ0v) is 11.7. The minimum Gasteiger partial charge on any atom is -0.352 e. The van der Waals surface area contributed by atoms with Crippen molar-refractivity contribution >= 4 is 5.91 Å². The van der Waals surface area contributed by atoms with Gasteiger partial charge >= 0.3 is 0 Å². The van der Waals surface area contributed by atoms with Crippen molar-refractivity contribution in [2.45, 2.75) is 52.1 Å². The van der Waals surface area contributed by atoms with E-state index in [1.165, 1.54) is 25.7 Å². The summed E-state index contributed by atoms with van der Waals surface area (Å²) in [5.74, 6) is 2.49. The van der Waals surface area contributed by atoms with E-state index in [2.05, 4.69) is 22.6 Å². The van der Waals surface area contributed by atoms with E-state index in [1.807, 2.05) is 6.92 Å². The van der Waals surface area contributed by atoms with E-state index in [1.54, 1.807) is 10.9 Å². The van der Waals surface area contributed by atoms with Gasteiger partial charge in [-0.3, -0.25) is 4.79 Å². The minimum atomic E-state index is 0.0418. The van der Waals surface area contributed by atoms with Crippen LogP contribution in [-0.4, -0.2) is 26.9 Å². The quantitative estimate of drug-likeness (QED) is 0.895. The molecule has 3 rings (SSSR count). The second-order valence-corrected chi connectivity index (χ2v) is 6.25. The summed E-state index contributed by atoms with van der Waals surface area (Å²) >= 11 is 0.